The van der Waals surface area contributed by atoms with Crippen LogP contribution in [0.4, 0.5) is 0 Å². The van der Waals surface area contributed by atoms with E-state index < -0.39 is 13.5 Å². The van der Waals surface area contributed by atoms with Crippen molar-refractivity contribution < 1.29 is 38.4 Å². The Labute approximate surface area is 94.9 Å². The first kappa shape index (κ1) is 16.0. The fraction of sp³-hybridized carbons (Fsp3) is 1.00. The van der Waals surface area contributed by atoms with Crippen molar-refractivity contribution in [1.82, 2.24) is 0 Å². The molecule has 0 aliphatic carbocycles. The maximum Gasteiger partial charge on any atom is 0.415 e. The van der Waals surface area contributed by atoms with Crippen molar-refractivity contribution in [3.8, 4) is 0 Å². The Kier molecular flexibility index (Phi) is 7.77. The Bertz CT molecular complexity index is 263. The molecule has 0 aliphatic rings. The van der Waals surface area contributed by atoms with E-state index in [1.54, 1.807) is 0 Å². The van der Waals surface area contributed by atoms with Crippen LogP contribution in [0.15, 0.2) is 0 Å². The molecule has 0 aromatic heterocycles. The minimum atomic E-state index is -3.66. The van der Waals surface area contributed by atoms with Crippen LogP contribution in [0, 0.1) is 0 Å². The molecule has 0 saturated carbocycles. The summed E-state index contributed by atoms with van der Waals surface area (Å²) in [4.78, 5) is 8.89. The molecule has 0 saturated heterocycles. The third kappa shape index (κ3) is 6.98. The zero-order valence-corrected chi connectivity index (χ0v) is 10.9. The van der Waals surface area contributed by atoms with Crippen molar-refractivity contribution in [2.75, 3.05) is 19.5 Å². The molecule has 8 nitrogen and oxygen atoms in total. The highest BCUT2D eigenvalue weighted by atomic mass is 32.7. The summed E-state index contributed by atoms with van der Waals surface area (Å²) in [6, 6.07) is 0. The average Bonchev–Trinajstić information content (AvgIpc) is 2.24. The van der Waals surface area contributed by atoms with E-state index in [1.807, 2.05) is 0 Å². The lowest BCUT2D eigenvalue weighted by Gasteiger charge is -2.13. The van der Waals surface area contributed by atoms with Gasteiger partial charge in [0.25, 0.3) is 0 Å². The van der Waals surface area contributed by atoms with Crippen LogP contribution >= 0.6 is 24.9 Å². The largest absolute Gasteiger partial charge is 0.415 e. The molecule has 0 heterocycles. The minimum absolute atomic E-state index is 0.263. The second-order valence-electron chi connectivity index (χ2n) is 1.93. The van der Waals surface area contributed by atoms with E-state index in [9.17, 15) is 4.57 Å². The van der Waals surface area contributed by atoms with Crippen LogP contribution < -0.4 is 0 Å². The van der Waals surface area contributed by atoms with Gasteiger partial charge in [0, 0.05) is 0 Å². The van der Waals surface area contributed by atoms with Crippen LogP contribution in [0.3, 0.4) is 0 Å². The summed E-state index contributed by atoms with van der Waals surface area (Å²) in [7, 11) is 0. The molecule has 92 valence electrons. The van der Waals surface area contributed by atoms with Crippen molar-refractivity contribution in [2.45, 2.75) is 0 Å². The molecular formula is C3H10O8P2S2. The predicted molar refractivity (Wildman–Crippen MR) is 57.0 cm³/mol. The first-order valence-electron chi connectivity index (χ1n) is 3.33. The SMILES string of the molecule is CSP(=O)(OO)OCCOP(O)(=S)OO. The molecule has 0 aliphatic heterocycles. The van der Waals surface area contributed by atoms with Crippen molar-refractivity contribution in [3.63, 3.8) is 0 Å². The third-order valence-electron chi connectivity index (χ3n) is 1.01. The fourth-order valence-electron chi connectivity index (χ4n) is 0.435. The summed E-state index contributed by atoms with van der Waals surface area (Å²) in [5.74, 6) is 0. The Morgan fingerprint density at radius 1 is 1.27 bits per heavy atom. The highest BCUT2D eigenvalue weighted by Crippen LogP contribution is 2.58. The normalized spacial score (nSPS) is 19.5. The molecule has 15 heavy (non-hydrogen) atoms. The molecule has 0 aromatic carbocycles. The second-order valence-corrected chi connectivity index (χ2v) is 8.79. The van der Waals surface area contributed by atoms with Gasteiger partial charge in [-0.2, -0.15) is 4.67 Å². The van der Waals surface area contributed by atoms with Gasteiger partial charge in [-0.15, -0.1) is 4.67 Å². The van der Waals surface area contributed by atoms with Gasteiger partial charge in [0.1, 0.15) is 0 Å². The molecule has 2 atom stereocenters. The van der Waals surface area contributed by atoms with E-state index in [1.165, 1.54) is 6.26 Å². The highest BCUT2D eigenvalue weighted by Gasteiger charge is 2.24. The van der Waals surface area contributed by atoms with Crippen LogP contribution in [0.25, 0.3) is 0 Å². The Hall–Kier alpha value is 0.950. The molecule has 0 radical (unpaired) electrons. The number of hydrogen-bond donors (Lipinski definition) is 3. The summed E-state index contributed by atoms with van der Waals surface area (Å²) in [6.45, 7) is -7.79. The fourth-order valence-corrected chi connectivity index (χ4v) is 2.27. The number of hydrogen-bond acceptors (Lipinski definition) is 9. The van der Waals surface area contributed by atoms with Gasteiger partial charge in [-0.1, -0.05) is 0 Å². The highest BCUT2D eigenvalue weighted by molar-refractivity contribution is 8.54. The van der Waals surface area contributed by atoms with E-state index in [4.69, 9.17) is 15.4 Å². The van der Waals surface area contributed by atoms with Crippen molar-refractivity contribution >= 4 is 36.7 Å². The van der Waals surface area contributed by atoms with Crippen LogP contribution in [0.2, 0.25) is 0 Å². The van der Waals surface area contributed by atoms with Gasteiger partial charge in [0.05, 0.1) is 13.2 Å². The summed E-state index contributed by atoms with van der Waals surface area (Å²) in [5, 5.41) is 16.3. The lowest BCUT2D eigenvalue weighted by molar-refractivity contribution is -0.152. The van der Waals surface area contributed by atoms with Gasteiger partial charge < -0.3 is 9.42 Å². The standard InChI is InChI=1S/C3H10O8P2S2/c1-15-13(7,11-5)9-3-2-8-12(6,14)10-4/h4-5H,2-3H2,1H3,(H,6,14). The molecule has 12 heteroatoms. The van der Waals surface area contributed by atoms with Gasteiger partial charge in [-0.05, 0) is 29.4 Å². The predicted octanol–water partition coefficient (Wildman–Crippen LogP) is 1.69. The number of rotatable bonds is 8. The van der Waals surface area contributed by atoms with Crippen LogP contribution in [0.5, 0.6) is 0 Å². The summed E-state index contributed by atoms with van der Waals surface area (Å²) >= 11 is 4.95. The van der Waals surface area contributed by atoms with E-state index in [2.05, 4.69) is 30.2 Å². The smallest absolute Gasteiger partial charge is 0.323 e. The summed E-state index contributed by atoms with van der Waals surface area (Å²) in [6.07, 6.45) is 1.41. The Balaban J connectivity index is 3.81. The first-order chi connectivity index (χ1) is 6.89. The van der Waals surface area contributed by atoms with Crippen LogP contribution in [0.1, 0.15) is 0 Å². The van der Waals surface area contributed by atoms with Gasteiger partial charge >= 0.3 is 13.5 Å². The van der Waals surface area contributed by atoms with Crippen molar-refractivity contribution in [3.05, 3.63) is 0 Å². The molecule has 0 amide bonds. The maximum atomic E-state index is 11.2. The second kappa shape index (κ2) is 7.31. The lowest BCUT2D eigenvalue weighted by atomic mass is 10.8. The Morgan fingerprint density at radius 3 is 2.20 bits per heavy atom. The monoisotopic (exact) mass is 300 g/mol. The van der Waals surface area contributed by atoms with Gasteiger partial charge in [0.2, 0.25) is 0 Å². The van der Waals surface area contributed by atoms with Crippen molar-refractivity contribution in [2.24, 2.45) is 0 Å². The molecule has 0 spiro atoms. The molecule has 2 unspecified atom stereocenters. The molecule has 0 bridgehead atoms. The maximum absolute atomic E-state index is 11.2. The molecule has 0 rings (SSSR count). The van der Waals surface area contributed by atoms with Crippen LogP contribution in [-0.2, 0) is 34.8 Å². The van der Waals surface area contributed by atoms with E-state index in [0.29, 0.717) is 11.4 Å². The van der Waals surface area contributed by atoms with E-state index >= 15 is 0 Å². The third-order valence-corrected chi connectivity index (χ3v) is 5.25. The van der Waals surface area contributed by atoms with Crippen LogP contribution in [-0.4, -0.2) is 34.9 Å². The Morgan fingerprint density at radius 2 is 1.80 bits per heavy atom. The minimum Gasteiger partial charge on any atom is -0.323 e. The zero-order valence-electron chi connectivity index (χ0n) is 7.51. The summed E-state index contributed by atoms with van der Waals surface area (Å²) < 4.78 is 27.4. The first-order valence-corrected chi connectivity index (χ1v) is 9.29. The topological polar surface area (TPSA) is 115 Å². The lowest BCUT2D eigenvalue weighted by Crippen LogP contribution is -2.02. The van der Waals surface area contributed by atoms with Gasteiger partial charge in [0.15, 0.2) is 0 Å². The van der Waals surface area contributed by atoms with E-state index in [0.717, 1.165) is 0 Å². The van der Waals surface area contributed by atoms with Gasteiger partial charge in [-0.25, -0.2) is 15.1 Å². The molecule has 0 fully saturated rings. The molecule has 3 N–H and O–H groups in total. The average molecular weight is 300 g/mol. The van der Waals surface area contributed by atoms with Crippen molar-refractivity contribution in [1.29, 1.82) is 0 Å². The molecule has 0 aromatic rings. The van der Waals surface area contributed by atoms with E-state index in [-0.39, 0.29) is 13.2 Å². The summed E-state index contributed by atoms with van der Waals surface area (Å²) in [5.41, 5.74) is 0. The quantitative estimate of drug-likeness (QED) is 0.265. The zero-order chi connectivity index (χ0) is 11.9. The molecular weight excluding hydrogens is 290 g/mol. The van der Waals surface area contributed by atoms with Gasteiger partial charge in [-0.3, -0.25) is 4.52 Å².